The summed E-state index contributed by atoms with van der Waals surface area (Å²) in [6, 6.07) is 22.7. The number of aliphatic hydroxyl groups excluding tert-OH is 1. The highest BCUT2D eigenvalue weighted by Gasteiger charge is 2.35. The average molecular weight is 669 g/mol. The minimum atomic E-state index is -0.622. The molecule has 1 saturated heterocycles. The normalized spacial score (nSPS) is 16.6. The van der Waals surface area contributed by atoms with Gasteiger partial charge in [0.15, 0.2) is 0 Å². The quantitative estimate of drug-likeness (QED) is 0.245. The monoisotopic (exact) mass is 668 g/mol. The van der Waals surface area contributed by atoms with Crippen molar-refractivity contribution in [1.82, 2.24) is 19.8 Å². The largest absolute Gasteiger partial charge is 0.489 e. The maximum Gasteiger partial charge on any atom is 0.410 e. The van der Waals surface area contributed by atoms with E-state index in [1.54, 1.807) is 4.90 Å². The van der Waals surface area contributed by atoms with Crippen LogP contribution in [-0.4, -0.2) is 103 Å². The molecule has 2 aliphatic heterocycles. The van der Waals surface area contributed by atoms with Gasteiger partial charge in [-0.1, -0.05) is 54.6 Å². The second-order valence-electron chi connectivity index (χ2n) is 14.0. The average Bonchev–Trinajstić information content (AvgIpc) is 3.09. The van der Waals surface area contributed by atoms with Crippen molar-refractivity contribution in [2.45, 2.75) is 52.0 Å². The molecule has 3 heterocycles. The third kappa shape index (κ3) is 8.34. The van der Waals surface area contributed by atoms with E-state index in [9.17, 15) is 9.90 Å². The molecular formula is C38H48N6O5. The lowest BCUT2D eigenvalue weighted by atomic mass is 10.0. The van der Waals surface area contributed by atoms with Gasteiger partial charge in [-0.05, 0) is 58.3 Å². The zero-order valence-corrected chi connectivity index (χ0v) is 29.3. The van der Waals surface area contributed by atoms with Gasteiger partial charge >= 0.3 is 12.1 Å². The van der Waals surface area contributed by atoms with Gasteiger partial charge in [0.2, 0.25) is 0 Å². The second kappa shape index (κ2) is 14.9. The third-order valence-electron chi connectivity index (χ3n) is 8.82. The number of anilines is 2. The van der Waals surface area contributed by atoms with Gasteiger partial charge in [-0.15, -0.1) is 0 Å². The lowest BCUT2D eigenvalue weighted by Crippen LogP contribution is -2.58. The van der Waals surface area contributed by atoms with Crippen LogP contribution in [0.15, 0.2) is 66.7 Å². The number of nitrogens with zero attached hydrogens (tertiary/aromatic N) is 6. The first-order valence-electron chi connectivity index (χ1n) is 17.0. The van der Waals surface area contributed by atoms with Crippen molar-refractivity contribution in [2.75, 3.05) is 69.8 Å². The Labute approximate surface area is 289 Å². The molecule has 6 rings (SSSR count). The molecule has 3 aromatic carbocycles. The molecule has 260 valence electrons. The van der Waals surface area contributed by atoms with E-state index in [1.165, 1.54) is 0 Å². The van der Waals surface area contributed by atoms with Crippen LogP contribution in [0.25, 0.3) is 10.8 Å². The Morgan fingerprint density at radius 1 is 0.959 bits per heavy atom. The van der Waals surface area contributed by atoms with Gasteiger partial charge in [0.05, 0.1) is 24.9 Å². The summed E-state index contributed by atoms with van der Waals surface area (Å²) >= 11 is 0. The number of piperazine rings is 1. The number of benzene rings is 3. The first-order valence-corrected chi connectivity index (χ1v) is 17.0. The Kier molecular flexibility index (Phi) is 10.4. The highest BCUT2D eigenvalue weighted by molar-refractivity contribution is 5.95. The lowest BCUT2D eigenvalue weighted by molar-refractivity contribution is 0.00696. The van der Waals surface area contributed by atoms with E-state index in [4.69, 9.17) is 24.2 Å². The van der Waals surface area contributed by atoms with Crippen LogP contribution >= 0.6 is 0 Å². The molecule has 1 amide bonds. The Bertz CT molecular complexity index is 1740. The molecule has 2 aliphatic rings. The van der Waals surface area contributed by atoms with Crippen LogP contribution in [0.1, 0.15) is 37.6 Å². The van der Waals surface area contributed by atoms with Gasteiger partial charge < -0.3 is 34.0 Å². The summed E-state index contributed by atoms with van der Waals surface area (Å²) in [6.07, 6.45) is 0.309. The standard InChI is InChI=1S/C38H48N6O5/c1-38(2,3)49-37(46)44-18-17-43(23-29(44)25-45)35-32-15-16-42(24-33(32)39-36(40-35)47-20-19-41(4)5)34-22-30(21-28-13-9-10-14-31(28)34)48-26-27-11-7-6-8-12-27/h6-14,21-22,29,45H,15-20,23-26H2,1-5H3/t29-/m0/s1. The number of aromatic nitrogens is 2. The van der Waals surface area contributed by atoms with Crippen molar-refractivity contribution in [3.05, 3.63) is 83.6 Å². The predicted octanol–water partition coefficient (Wildman–Crippen LogP) is 5.13. The molecule has 1 aromatic heterocycles. The number of carbonyl (C=O) groups is 1. The SMILES string of the molecule is CN(C)CCOc1nc2c(c(N3CCN(C(=O)OC(C)(C)C)[C@H](CO)C3)n1)CCN(c1cc(OCc3ccccc3)cc3ccccc13)C2. The fourth-order valence-electron chi connectivity index (χ4n) is 6.35. The summed E-state index contributed by atoms with van der Waals surface area (Å²) in [7, 11) is 4.00. The fourth-order valence-corrected chi connectivity index (χ4v) is 6.35. The smallest absolute Gasteiger partial charge is 0.410 e. The van der Waals surface area contributed by atoms with Crippen molar-refractivity contribution >= 4 is 28.4 Å². The number of hydrogen-bond acceptors (Lipinski definition) is 10. The van der Waals surface area contributed by atoms with Crippen molar-refractivity contribution in [1.29, 1.82) is 0 Å². The number of amides is 1. The van der Waals surface area contributed by atoms with Crippen molar-refractivity contribution < 1.29 is 24.1 Å². The van der Waals surface area contributed by atoms with E-state index in [0.29, 0.717) is 45.4 Å². The summed E-state index contributed by atoms with van der Waals surface area (Å²) in [5.74, 6) is 1.62. The Balaban J connectivity index is 1.29. The molecule has 0 saturated carbocycles. The van der Waals surface area contributed by atoms with Gasteiger partial charge in [0.1, 0.15) is 30.4 Å². The van der Waals surface area contributed by atoms with E-state index < -0.39 is 17.7 Å². The molecule has 0 spiro atoms. The number of ether oxygens (including phenoxy) is 3. The summed E-state index contributed by atoms with van der Waals surface area (Å²) in [6.45, 7) is 9.73. The van der Waals surface area contributed by atoms with Crippen LogP contribution in [-0.2, 0) is 24.3 Å². The van der Waals surface area contributed by atoms with Crippen LogP contribution in [0.4, 0.5) is 16.3 Å². The van der Waals surface area contributed by atoms with Crippen LogP contribution in [0.3, 0.4) is 0 Å². The second-order valence-corrected chi connectivity index (χ2v) is 14.0. The molecule has 0 radical (unpaired) electrons. The molecule has 1 fully saturated rings. The van der Waals surface area contributed by atoms with E-state index in [0.717, 1.165) is 64.4 Å². The zero-order chi connectivity index (χ0) is 34.5. The molecular weight excluding hydrogens is 620 g/mol. The molecule has 0 unspecified atom stereocenters. The Morgan fingerprint density at radius 2 is 1.73 bits per heavy atom. The molecule has 1 atom stereocenters. The van der Waals surface area contributed by atoms with Gasteiger partial charge in [0.25, 0.3) is 0 Å². The summed E-state index contributed by atoms with van der Waals surface area (Å²) in [4.78, 5) is 31.1. The molecule has 11 heteroatoms. The highest BCUT2D eigenvalue weighted by Crippen LogP contribution is 2.37. The van der Waals surface area contributed by atoms with Crippen molar-refractivity contribution in [3.8, 4) is 11.8 Å². The maximum atomic E-state index is 13.0. The minimum absolute atomic E-state index is 0.182. The predicted molar refractivity (Wildman–Crippen MR) is 192 cm³/mol. The molecule has 1 N–H and O–H groups in total. The van der Waals surface area contributed by atoms with Crippen LogP contribution < -0.4 is 19.3 Å². The van der Waals surface area contributed by atoms with Gasteiger partial charge in [-0.25, -0.2) is 4.79 Å². The zero-order valence-electron chi connectivity index (χ0n) is 29.3. The van der Waals surface area contributed by atoms with E-state index in [1.807, 2.05) is 53.1 Å². The third-order valence-corrected chi connectivity index (χ3v) is 8.82. The molecule has 4 aromatic rings. The summed E-state index contributed by atoms with van der Waals surface area (Å²) in [5, 5.41) is 12.6. The van der Waals surface area contributed by atoms with Gasteiger partial charge in [-0.3, -0.25) is 4.90 Å². The number of fused-ring (bicyclic) bond motifs is 2. The highest BCUT2D eigenvalue weighted by atomic mass is 16.6. The Morgan fingerprint density at radius 3 is 2.49 bits per heavy atom. The summed E-state index contributed by atoms with van der Waals surface area (Å²) < 4.78 is 18.1. The minimum Gasteiger partial charge on any atom is -0.489 e. The molecule has 49 heavy (non-hydrogen) atoms. The van der Waals surface area contributed by atoms with E-state index in [2.05, 4.69) is 63.2 Å². The number of carbonyl (C=O) groups excluding carboxylic acids is 1. The first kappa shape index (κ1) is 34.3. The number of likely N-dealkylation sites (N-methyl/N-ethyl adjacent to an activating group) is 1. The van der Waals surface area contributed by atoms with Crippen molar-refractivity contribution in [2.24, 2.45) is 0 Å². The molecule has 11 nitrogen and oxygen atoms in total. The van der Waals surface area contributed by atoms with E-state index in [-0.39, 0.29) is 6.61 Å². The number of hydrogen-bond donors (Lipinski definition) is 1. The lowest BCUT2D eigenvalue weighted by Gasteiger charge is -2.42. The van der Waals surface area contributed by atoms with Gasteiger partial charge in [-0.2, -0.15) is 9.97 Å². The topological polar surface area (TPSA) is 104 Å². The first-order chi connectivity index (χ1) is 23.6. The molecule has 0 bridgehead atoms. The Hall–Kier alpha value is -4.61. The van der Waals surface area contributed by atoms with Crippen molar-refractivity contribution in [3.63, 3.8) is 0 Å². The van der Waals surface area contributed by atoms with E-state index >= 15 is 0 Å². The summed E-state index contributed by atoms with van der Waals surface area (Å²) in [5.41, 5.74) is 3.56. The van der Waals surface area contributed by atoms with Crippen LogP contribution in [0, 0.1) is 0 Å². The number of rotatable bonds is 10. The molecule has 0 aliphatic carbocycles. The number of aliphatic hydroxyl groups is 1. The van der Waals surface area contributed by atoms with Gasteiger partial charge in [0, 0.05) is 55.4 Å². The maximum absolute atomic E-state index is 13.0. The van der Waals surface area contributed by atoms with Crippen LogP contribution in [0.2, 0.25) is 0 Å². The fraction of sp³-hybridized carbons (Fsp3) is 0.447. The van der Waals surface area contributed by atoms with Crippen LogP contribution in [0.5, 0.6) is 11.8 Å².